The third-order valence-corrected chi connectivity index (χ3v) is 4.60. The van der Waals surface area contributed by atoms with Gasteiger partial charge in [-0.1, -0.05) is 39.5 Å². The first kappa shape index (κ1) is 12.9. The minimum atomic E-state index is -0.158. The first-order valence-electron chi connectivity index (χ1n) is 6.56. The Morgan fingerprint density at radius 1 is 1.56 bits per heavy atom. The van der Waals surface area contributed by atoms with E-state index in [0.717, 1.165) is 5.69 Å². The van der Waals surface area contributed by atoms with Crippen molar-refractivity contribution in [2.24, 2.45) is 11.3 Å². The van der Waals surface area contributed by atoms with Gasteiger partial charge in [0.2, 0.25) is 5.91 Å². The third kappa shape index (κ3) is 2.07. The van der Waals surface area contributed by atoms with Crippen LogP contribution >= 0.6 is 0 Å². The van der Waals surface area contributed by atoms with Gasteiger partial charge in [-0.3, -0.25) is 4.79 Å². The van der Waals surface area contributed by atoms with Gasteiger partial charge in [-0.2, -0.15) is 0 Å². The smallest absolute Gasteiger partial charge is 0.247 e. The van der Waals surface area contributed by atoms with Gasteiger partial charge in [0.25, 0.3) is 0 Å². The fraction of sp³-hybridized carbons (Fsp3) is 0.438. The lowest BCUT2D eigenvalue weighted by molar-refractivity contribution is -0.111. The fourth-order valence-electron chi connectivity index (χ4n) is 3.01. The molecule has 0 heterocycles. The van der Waals surface area contributed by atoms with Crippen molar-refractivity contribution in [3.8, 4) is 0 Å². The first-order chi connectivity index (χ1) is 8.52. The minimum Gasteiger partial charge on any atom is -0.323 e. The maximum Gasteiger partial charge on any atom is 0.247 e. The molecule has 0 saturated heterocycles. The van der Waals surface area contributed by atoms with Gasteiger partial charge < -0.3 is 5.32 Å². The van der Waals surface area contributed by atoms with Gasteiger partial charge in [0.1, 0.15) is 0 Å². The molecule has 0 spiro atoms. The van der Waals surface area contributed by atoms with E-state index in [-0.39, 0.29) is 5.91 Å². The molecule has 1 aromatic rings. The van der Waals surface area contributed by atoms with Gasteiger partial charge in [0, 0.05) is 5.69 Å². The van der Waals surface area contributed by atoms with Crippen molar-refractivity contribution in [2.75, 3.05) is 5.32 Å². The molecule has 2 nitrogen and oxygen atoms in total. The Hall–Kier alpha value is -1.57. The highest BCUT2D eigenvalue weighted by atomic mass is 16.1. The Morgan fingerprint density at radius 2 is 2.28 bits per heavy atom. The molecular formula is C16H21NO. The topological polar surface area (TPSA) is 29.1 Å². The van der Waals surface area contributed by atoms with Gasteiger partial charge in [-0.05, 0) is 47.4 Å². The van der Waals surface area contributed by atoms with Crippen LogP contribution in [-0.2, 0) is 4.79 Å². The van der Waals surface area contributed by atoms with Crippen molar-refractivity contribution < 1.29 is 4.79 Å². The predicted octanol–water partition coefficient (Wildman–Crippen LogP) is 3.96. The maximum absolute atomic E-state index is 11.3. The summed E-state index contributed by atoms with van der Waals surface area (Å²) in [5.41, 5.74) is 2.60. The Kier molecular flexibility index (Phi) is 3.29. The van der Waals surface area contributed by atoms with Crippen LogP contribution in [0.15, 0.2) is 36.9 Å². The van der Waals surface area contributed by atoms with Crippen molar-refractivity contribution in [3.63, 3.8) is 0 Å². The zero-order valence-electron chi connectivity index (χ0n) is 11.4. The molecule has 1 saturated carbocycles. The molecule has 3 atom stereocenters. The third-order valence-electron chi connectivity index (χ3n) is 4.60. The Morgan fingerprint density at radius 3 is 2.83 bits per heavy atom. The second-order valence-corrected chi connectivity index (χ2v) is 5.44. The molecule has 2 rings (SSSR count). The highest BCUT2D eigenvalue weighted by Crippen LogP contribution is 2.66. The van der Waals surface area contributed by atoms with E-state index in [4.69, 9.17) is 0 Å². The molecule has 1 fully saturated rings. The van der Waals surface area contributed by atoms with Crippen LogP contribution in [0.3, 0.4) is 0 Å². The molecule has 1 N–H and O–H groups in total. The van der Waals surface area contributed by atoms with Crippen molar-refractivity contribution in [3.05, 3.63) is 42.5 Å². The highest BCUT2D eigenvalue weighted by Gasteiger charge is 2.57. The average Bonchev–Trinajstić information content (AvgIpc) is 2.92. The van der Waals surface area contributed by atoms with Crippen LogP contribution in [-0.4, -0.2) is 5.91 Å². The van der Waals surface area contributed by atoms with Crippen LogP contribution in [0.2, 0.25) is 0 Å². The summed E-state index contributed by atoms with van der Waals surface area (Å²) < 4.78 is 0. The van der Waals surface area contributed by atoms with E-state index < -0.39 is 0 Å². The Balaban J connectivity index is 2.19. The van der Waals surface area contributed by atoms with E-state index >= 15 is 0 Å². The molecule has 1 aliphatic rings. The number of benzene rings is 1. The van der Waals surface area contributed by atoms with Crippen LogP contribution in [0.5, 0.6) is 0 Å². The first-order valence-corrected chi connectivity index (χ1v) is 6.56. The van der Waals surface area contributed by atoms with Crippen molar-refractivity contribution in [1.82, 2.24) is 0 Å². The summed E-state index contributed by atoms with van der Waals surface area (Å²) in [5, 5.41) is 2.82. The quantitative estimate of drug-likeness (QED) is 0.797. The monoisotopic (exact) mass is 243 g/mol. The minimum absolute atomic E-state index is 0.158. The second kappa shape index (κ2) is 4.60. The van der Waals surface area contributed by atoms with Crippen LogP contribution in [0.1, 0.15) is 38.7 Å². The zero-order chi connectivity index (χ0) is 13.3. The summed E-state index contributed by atoms with van der Waals surface area (Å²) in [6, 6.07) is 8.17. The van der Waals surface area contributed by atoms with Crippen LogP contribution in [0, 0.1) is 11.3 Å². The molecule has 0 radical (unpaired) electrons. The lowest BCUT2D eigenvalue weighted by Crippen LogP contribution is -2.07. The van der Waals surface area contributed by atoms with E-state index in [1.165, 1.54) is 18.1 Å². The summed E-state index contributed by atoms with van der Waals surface area (Å²) in [4.78, 5) is 11.3. The Bertz CT molecular complexity index is 480. The zero-order valence-corrected chi connectivity index (χ0v) is 11.4. The summed E-state index contributed by atoms with van der Waals surface area (Å²) in [5.74, 6) is 1.17. The number of amides is 1. The lowest BCUT2D eigenvalue weighted by Gasteiger charge is -2.09. The number of carbonyl (C=O) groups excluding carboxylic acids is 1. The van der Waals surface area contributed by atoms with Crippen LogP contribution < -0.4 is 5.32 Å². The largest absolute Gasteiger partial charge is 0.323 e. The van der Waals surface area contributed by atoms with E-state index in [1.54, 1.807) is 0 Å². The standard InChI is InChI=1S/C16H21NO/c1-5-14(18)17-13-9-7-8-12(10-13)15-11(3)16(15,4)6-2/h5,7-11,15H,1,6H2,2-4H3,(H,17,18). The van der Waals surface area contributed by atoms with Gasteiger partial charge in [-0.15, -0.1) is 0 Å². The average molecular weight is 243 g/mol. The van der Waals surface area contributed by atoms with Crippen molar-refractivity contribution >= 4 is 11.6 Å². The molecule has 3 unspecified atom stereocenters. The fourth-order valence-corrected chi connectivity index (χ4v) is 3.01. The molecule has 1 amide bonds. The van der Waals surface area contributed by atoms with E-state index in [2.05, 4.69) is 44.8 Å². The van der Waals surface area contributed by atoms with Crippen molar-refractivity contribution in [2.45, 2.75) is 33.1 Å². The van der Waals surface area contributed by atoms with Crippen LogP contribution in [0.25, 0.3) is 0 Å². The Labute approximate surface area is 109 Å². The summed E-state index contributed by atoms with van der Waals surface area (Å²) in [6.45, 7) is 10.4. The van der Waals surface area contributed by atoms with Gasteiger partial charge in [0.15, 0.2) is 0 Å². The van der Waals surface area contributed by atoms with E-state index in [1.807, 2.05) is 12.1 Å². The molecule has 0 aliphatic heterocycles. The van der Waals surface area contributed by atoms with Gasteiger partial charge >= 0.3 is 0 Å². The SMILES string of the molecule is C=CC(=O)Nc1cccc(C2C(C)C2(C)CC)c1. The van der Waals surface area contributed by atoms with E-state index in [9.17, 15) is 4.79 Å². The summed E-state index contributed by atoms with van der Waals surface area (Å²) in [6.07, 6.45) is 2.49. The molecule has 1 aliphatic carbocycles. The second-order valence-electron chi connectivity index (χ2n) is 5.44. The predicted molar refractivity (Wildman–Crippen MR) is 75.6 cm³/mol. The summed E-state index contributed by atoms with van der Waals surface area (Å²) in [7, 11) is 0. The van der Waals surface area contributed by atoms with Gasteiger partial charge in [0.05, 0.1) is 0 Å². The maximum atomic E-state index is 11.3. The molecule has 2 heteroatoms. The number of rotatable bonds is 4. The molecule has 96 valence electrons. The number of nitrogens with one attached hydrogen (secondary N) is 1. The highest BCUT2D eigenvalue weighted by molar-refractivity contribution is 5.98. The van der Waals surface area contributed by atoms with E-state index in [0.29, 0.717) is 17.3 Å². The number of carbonyl (C=O) groups is 1. The van der Waals surface area contributed by atoms with Gasteiger partial charge in [-0.25, -0.2) is 0 Å². The number of hydrogen-bond donors (Lipinski definition) is 1. The molecule has 0 aromatic heterocycles. The number of hydrogen-bond acceptors (Lipinski definition) is 1. The molecular weight excluding hydrogens is 222 g/mol. The lowest BCUT2D eigenvalue weighted by atomic mass is 9.98. The number of anilines is 1. The normalized spacial score (nSPS) is 29.7. The molecule has 0 bridgehead atoms. The molecule has 1 aromatic carbocycles. The van der Waals surface area contributed by atoms with Crippen LogP contribution in [0.4, 0.5) is 5.69 Å². The summed E-state index contributed by atoms with van der Waals surface area (Å²) >= 11 is 0. The molecule has 18 heavy (non-hydrogen) atoms. The van der Waals surface area contributed by atoms with Crippen molar-refractivity contribution in [1.29, 1.82) is 0 Å².